The summed E-state index contributed by atoms with van der Waals surface area (Å²) in [6.07, 6.45) is 0.437. The Bertz CT molecular complexity index is 301. The van der Waals surface area contributed by atoms with Crippen molar-refractivity contribution < 1.29 is 0 Å². The highest BCUT2D eigenvalue weighted by Crippen LogP contribution is 2.11. The van der Waals surface area contributed by atoms with Crippen LogP contribution in [-0.4, -0.2) is 4.98 Å². The van der Waals surface area contributed by atoms with Crippen molar-refractivity contribution in [1.29, 1.82) is 5.26 Å². The van der Waals surface area contributed by atoms with Gasteiger partial charge in [-0.2, -0.15) is 5.26 Å². The van der Waals surface area contributed by atoms with Gasteiger partial charge < -0.3 is 0 Å². The Morgan fingerprint density at radius 3 is 2.91 bits per heavy atom. The normalized spacial score (nSPS) is 9.18. The Hall–Kier alpha value is -0.880. The van der Waals surface area contributed by atoms with E-state index >= 15 is 0 Å². The van der Waals surface area contributed by atoms with Gasteiger partial charge in [0.25, 0.3) is 0 Å². The molecule has 0 fully saturated rings. The monoisotopic (exact) mass is 210 g/mol. The van der Waals surface area contributed by atoms with Gasteiger partial charge in [0.1, 0.15) is 4.60 Å². The van der Waals surface area contributed by atoms with Gasteiger partial charge in [0.05, 0.1) is 12.5 Å². The van der Waals surface area contributed by atoms with Crippen LogP contribution in [0.25, 0.3) is 0 Å². The fraction of sp³-hybridized carbons (Fsp3) is 0.250. The number of hydrogen-bond acceptors (Lipinski definition) is 2. The minimum absolute atomic E-state index is 0.437. The minimum Gasteiger partial charge on any atom is -0.246 e. The molecule has 0 aromatic carbocycles. The van der Waals surface area contributed by atoms with Crippen molar-refractivity contribution in [2.24, 2.45) is 0 Å². The summed E-state index contributed by atoms with van der Waals surface area (Å²) in [5.74, 6) is 0. The van der Waals surface area contributed by atoms with E-state index in [0.29, 0.717) is 6.42 Å². The Labute approximate surface area is 74.0 Å². The summed E-state index contributed by atoms with van der Waals surface area (Å²) in [7, 11) is 0. The highest BCUT2D eigenvalue weighted by Gasteiger charge is 1.98. The zero-order chi connectivity index (χ0) is 8.27. The average molecular weight is 211 g/mol. The van der Waals surface area contributed by atoms with Gasteiger partial charge in [-0.3, -0.25) is 0 Å². The number of hydrogen-bond donors (Lipinski definition) is 0. The Balaban J connectivity index is 3.01. The van der Waals surface area contributed by atoms with Crippen LogP contribution in [0.4, 0.5) is 0 Å². The molecule has 56 valence electrons. The second kappa shape index (κ2) is 3.49. The van der Waals surface area contributed by atoms with Crippen LogP contribution < -0.4 is 0 Å². The van der Waals surface area contributed by atoms with E-state index in [0.717, 1.165) is 15.9 Å². The van der Waals surface area contributed by atoms with Crippen molar-refractivity contribution in [2.75, 3.05) is 0 Å². The summed E-state index contributed by atoms with van der Waals surface area (Å²) in [5.41, 5.74) is 1.91. The predicted octanol–water partition coefficient (Wildman–Crippen LogP) is 2.22. The standard InChI is InChI=1S/C8H7BrN2/c1-6-7(4-5-10)2-3-8(9)11-6/h2-3H,4H2,1H3. The number of rotatable bonds is 1. The maximum absolute atomic E-state index is 8.42. The van der Waals surface area contributed by atoms with E-state index in [4.69, 9.17) is 5.26 Å². The lowest BCUT2D eigenvalue weighted by molar-refractivity contribution is 1.09. The zero-order valence-electron chi connectivity index (χ0n) is 6.13. The molecule has 0 saturated carbocycles. The number of pyridine rings is 1. The van der Waals surface area contributed by atoms with Crippen molar-refractivity contribution in [2.45, 2.75) is 13.3 Å². The largest absolute Gasteiger partial charge is 0.246 e. The van der Waals surface area contributed by atoms with E-state index in [2.05, 4.69) is 27.0 Å². The predicted molar refractivity (Wildman–Crippen MR) is 46.0 cm³/mol. The van der Waals surface area contributed by atoms with E-state index < -0.39 is 0 Å². The Morgan fingerprint density at radius 1 is 1.64 bits per heavy atom. The van der Waals surface area contributed by atoms with Gasteiger partial charge >= 0.3 is 0 Å². The molecule has 0 N–H and O–H groups in total. The molecule has 0 aliphatic heterocycles. The molecule has 1 heterocycles. The van der Waals surface area contributed by atoms with E-state index in [1.165, 1.54) is 0 Å². The lowest BCUT2D eigenvalue weighted by Crippen LogP contribution is -1.90. The first-order chi connectivity index (χ1) is 5.24. The fourth-order valence-corrected chi connectivity index (χ4v) is 1.23. The van der Waals surface area contributed by atoms with Crippen LogP contribution in [0.5, 0.6) is 0 Å². The summed E-state index contributed by atoms with van der Waals surface area (Å²) in [6, 6.07) is 5.85. The maximum Gasteiger partial charge on any atom is 0.106 e. The quantitative estimate of drug-likeness (QED) is 0.667. The van der Waals surface area contributed by atoms with E-state index in [-0.39, 0.29) is 0 Å². The first kappa shape index (κ1) is 8.22. The highest BCUT2D eigenvalue weighted by molar-refractivity contribution is 9.10. The van der Waals surface area contributed by atoms with Gasteiger partial charge in [-0.05, 0) is 34.5 Å². The Morgan fingerprint density at radius 2 is 2.36 bits per heavy atom. The van der Waals surface area contributed by atoms with Crippen LogP contribution in [0, 0.1) is 18.3 Å². The van der Waals surface area contributed by atoms with Crippen LogP contribution >= 0.6 is 15.9 Å². The molecule has 1 aromatic rings. The molecule has 0 atom stereocenters. The summed E-state index contributed by atoms with van der Waals surface area (Å²) in [5, 5.41) is 8.42. The molecule has 0 aliphatic carbocycles. The van der Waals surface area contributed by atoms with Crippen molar-refractivity contribution in [1.82, 2.24) is 4.98 Å². The molecular formula is C8H7BrN2. The number of halogens is 1. The summed E-state index contributed by atoms with van der Waals surface area (Å²) >= 11 is 3.25. The van der Waals surface area contributed by atoms with Crippen LogP contribution in [-0.2, 0) is 6.42 Å². The first-order valence-electron chi connectivity index (χ1n) is 3.23. The van der Waals surface area contributed by atoms with Gasteiger partial charge in [0, 0.05) is 5.69 Å². The molecule has 0 unspecified atom stereocenters. The van der Waals surface area contributed by atoms with Crippen LogP contribution in [0.1, 0.15) is 11.3 Å². The van der Waals surface area contributed by atoms with Gasteiger partial charge in [-0.1, -0.05) is 6.07 Å². The third-order valence-electron chi connectivity index (χ3n) is 1.43. The molecule has 0 aliphatic rings. The molecule has 0 amide bonds. The molecular weight excluding hydrogens is 204 g/mol. The molecule has 3 heteroatoms. The lowest BCUT2D eigenvalue weighted by Gasteiger charge is -1.99. The van der Waals surface area contributed by atoms with Crippen molar-refractivity contribution in [3.8, 4) is 6.07 Å². The maximum atomic E-state index is 8.42. The number of nitriles is 1. The van der Waals surface area contributed by atoms with E-state index in [9.17, 15) is 0 Å². The summed E-state index contributed by atoms with van der Waals surface area (Å²) < 4.78 is 0.816. The first-order valence-corrected chi connectivity index (χ1v) is 4.02. The topological polar surface area (TPSA) is 36.7 Å². The molecule has 11 heavy (non-hydrogen) atoms. The molecule has 0 radical (unpaired) electrons. The van der Waals surface area contributed by atoms with Crippen molar-refractivity contribution in [3.05, 3.63) is 28.0 Å². The van der Waals surface area contributed by atoms with Crippen LogP contribution in [0.3, 0.4) is 0 Å². The second-order valence-corrected chi connectivity index (χ2v) is 3.03. The zero-order valence-corrected chi connectivity index (χ0v) is 7.72. The van der Waals surface area contributed by atoms with E-state index in [1.807, 2.05) is 19.1 Å². The average Bonchev–Trinajstić information content (AvgIpc) is 1.95. The molecule has 0 bridgehead atoms. The Kier molecular flexibility index (Phi) is 2.61. The SMILES string of the molecule is Cc1nc(Br)ccc1CC#N. The molecule has 0 spiro atoms. The molecule has 1 rings (SSSR count). The lowest BCUT2D eigenvalue weighted by atomic mass is 10.1. The van der Waals surface area contributed by atoms with Gasteiger partial charge in [0.2, 0.25) is 0 Å². The minimum atomic E-state index is 0.437. The highest BCUT2D eigenvalue weighted by atomic mass is 79.9. The number of aromatic nitrogens is 1. The molecule has 1 aromatic heterocycles. The van der Waals surface area contributed by atoms with E-state index in [1.54, 1.807) is 0 Å². The third-order valence-corrected chi connectivity index (χ3v) is 1.87. The van der Waals surface area contributed by atoms with Crippen molar-refractivity contribution in [3.63, 3.8) is 0 Å². The summed E-state index contributed by atoms with van der Waals surface area (Å²) in [4.78, 5) is 4.16. The van der Waals surface area contributed by atoms with Crippen LogP contribution in [0.2, 0.25) is 0 Å². The number of aryl methyl sites for hydroxylation is 1. The van der Waals surface area contributed by atoms with Crippen LogP contribution in [0.15, 0.2) is 16.7 Å². The van der Waals surface area contributed by atoms with Gasteiger partial charge in [0.15, 0.2) is 0 Å². The van der Waals surface area contributed by atoms with Crippen molar-refractivity contribution >= 4 is 15.9 Å². The second-order valence-electron chi connectivity index (χ2n) is 2.21. The molecule has 0 saturated heterocycles. The smallest absolute Gasteiger partial charge is 0.106 e. The fourth-order valence-electron chi connectivity index (χ4n) is 0.831. The third kappa shape index (κ3) is 2.02. The molecule has 2 nitrogen and oxygen atoms in total. The van der Waals surface area contributed by atoms with Gasteiger partial charge in [-0.25, -0.2) is 4.98 Å². The van der Waals surface area contributed by atoms with Gasteiger partial charge in [-0.15, -0.1) is 0 Å². The number of nitrogens with zero attached hydrogens (tertiary/aromatic N) is 2. The summed E-state index contributed by atoms with van der Waals surface area (Å²) in [6.45, 7) is 1.90.